The van der Waals surface area contributed by atoms with Crippen LogP contribution in [-0.2, 0) is 14.6 Å². The molecule has 8 heteroatoms. The van der Waals surface area contributed by atoms with Crippen LogP contribution in [0.1, 0.15) is 16.8 Å². The van der Waals surface area contributed by atoms with Gasteiger partial charge in [-0.3, -0.25) is 4.79 Å². The zero-order chi connectivity index (χ0) is 19.4. The number of amides is 1. The van der Waals surface area contributed by atoms with Crippen molar-refractivity contribution >= 4 is 21.4 Å². The Morgan fingerprint density at radius 3 is 2.63 bits per heavy atom. The fourth-order valence-corrected chi connectivity index (χ4v) is 3.63. The number of carbonyl (C=O) groups excluding carboxylic acids is 1. The van der Waals surface area contributed by atoms with Gasteiger partial charge in [-0.1, -0.05) is 12.1 Å². The van der Waals surface area contributed by atoms with E-state index in [1.165, 1.54) is 13.2 Å². The third kappa shape index (κ3) is 4.58. The average molecular weight is 391 g/mol. The highest BCUT2D eigenvalue weighted by Crippen LogP contribution is 2.31. The highest BCUT2D eigenvalue weighted by molar-refractivity contribution is 7.90. The predicted molar refractivity (Wildman–Crippen MR) is 100 cm³/mol. The van der Waals surface area contributed by atoms with E-state index < -0.39 is 15.7 Å². The van der Waals surface area contributed by atoms with E-state index in [1.54, 1.807) is 36.4 Å². The third-order valence-corrected chi connectivity index (χ3v) is 5.30. The second-order valence-corrected chi connectivity index (χ2v) is 8.18. The van der Waals surface area contributed by atoms with Crippen molar-refractivity contribution in [3.63, 3.8) is 0 Å². The number of hydrogen-bond donors (Lipinski definition) is 1. The van der Waals surface area contributed by atoms with E-state index in [1.807, 2.05) is 0 Å². The lowest BCUT2D eigenvalue weighted by atomic mass is 10.1. The van der Waals surface area contributed by atoms with Crippen LogP contribution in [0.15, 0.2) is 47.4 Å². The molecule has 1 amide bonds. The lowest BCUT2D eigenvalue weighted by Gasteiger charge is -2.16. The van der Waals surface area contributed by atoms with Gasteiger partial charge in [0, 0.05) is 18.2 Å². The van der Waals surface area contributed by atoms with Gasteiger partial charge < -0.3 is 19.5 Å². The number of ether oxygens (including phenoxy) is 3. The summed E-state index contributed by atoms with van der Waals surface area (Å²) in [6, 6.07) is 11.1. The highest BCUT2D eigenvalue weighted by atomic mass is 32.2. The van der Waals surface area contributed by atoms with Crippen molar-refractivity contribution in [2.24, 2.45) is 0 Å². The van der Waals surface area contributed by atoms with Gasteiger partial charge in [0.05, 0.1) is 30.9 Å². The van der Waals surface area contributed by atoms with Crippen LogP contribution in [-0.4, -0.2) is 47.0 Å². The van der Waals surface area contributed by atoms with Crippen LogP contribution < -0.4 is 14.8 Å². The number of rotatable bonds is 6. The molecule has 7 nitrogen and oxygen atoms in total. The SMILES string of the molecule is COc1ccc(C(=O)Nc2ccccc2S(C)(=O)=O)cc1OC1CCOC1. The molecule has 2 aromatic carbocycles. The van der Waals surface area contributed by atoms with E-state index >= 15 is 0 Å². The summed E-state index contributed by atoms with van der Waals surface area (Å²) in [5.74, 6) is 0.508. The number of carbonyl (C=O) groups is 1. The molecule has 1 saturated heterocycles. The van der Waals surface area contributed by atoms with Gasteiger partial charge in [-0.2, -0.15) is 0 Å². The molecule has 1 heterocycles. The minimum Gasteiger partial charge on any atom is -0.493 e. The molecule has 0 bridgehead atoms. The Bertz CT molecular complexity index is 935. The monoisotopic (exact) mass is 391 g/mol. The van der Waals surface area contributed by atoms with Gasteiger partial charge in [-0.25, -0.2) is 8.42 Å². The molecule has 0 aliphatic carbocycles. The average Bonchev–Trinajstić information content (AvgIpc) is 3.14. The molecule has 0 radical (unpaired) electrons. The normalized spacial score (nSPS) is 16.7. The maximum Gasteiger partial charge on any atom is 0.255 e. The summed E-state index contributed by atoms with van der Waals surface area (Å²) >= 11 is 0. The molecule has 0 saturated carbocycles. The van der Waals surface area contributed by atoms with Crippen molar-refractivity contribution in [1.29, 1.82) is 0 Å². The number of nitrogens with one attached hydrogen (secondary N) is 1. The zero-order valence-electron chi connectivity index (χ0n) is 15.1. The standard InChI is InChI=1S/C19H21NO6S/c1-24-16-8-7-13(11-17(16)26-14-9-10-25-12-14)19(21)20-15-5-3-4-6-18(15)27(2,22)23/h3-8,11,14H,9-10,12H2,1-2H3,(H,20,21). The first-order valence-corrected chi connectivity index (χ1v) is 10.3. The van der Waals surface area contributed by atoms with Crippen LogP contribution in [0, 0.1) is 0 Å². The Kier molecular flexibility index (Phi) is 5.67. The smallest absolute Gasteiger partial charge is 0.255 e. The summed E-state index contributed by atoms with van der Waals surface area (Å²) < 4.78 is 40.3. The van der Waals surface area contributed by atoms with Gasteiger partial charge in [0.15, 0.2) is 21.3 Å². The number of para-hydroxylation sites is 1. The van der Waals surface area contributed by atoms with Gasteiger partial charge in [-0.15, -0.1) is 0 Å². The summed E-state index contributed by atoms with van der Waals surface area (Å²) in [4.78, 5) is 12.7. The molecular weight excluding hydrogens is 370 g/mol. The van der Waals surface area contributed by atoms with Crippen molar-refractivity contribution in [3.8, 4) is 11.5 Å². The minimum atomic E-state index is -3.47. The van der Waals surface area contributed by atoms with Crippen LogP contribution in [0.3, 0.4) is 0 Å². The second-order valence-electron chi connectivity index (χ2n) is 6.19. The van der Waals surface area contributed by atoms with Gasteiger partial charge in [0.2, 0.25) is 0 Å². The lowest BCUT2D eigenvalue weighted by molar-refractivity contribution is 0.102. The lowest BCUT2D eigenvalue weighted by Crippen LogP contribution is -2.18. The van der Waals surface area contributed by atoms with Crippen molar-refractivity contribution < 1.29 is 27.4 Å². The summed E-state index contributed by atoms with van der Waals surface area (Å²) in [5, 5.41) is 2.65. The van der Waals surface area contributed by atoms with E-state index in [2.05, 4.69) is 5.32 Å². The van der Waals surface area contributed by atoms with Gasteiger partial charge in [0.1, 0.15) is 6.10 Å². The van der Waals surface area contributed by atoms with Gasteiger partial charge in [0.25, 0.3) is 5.91 Å². The van der Waals surface area contributed by atoms with Crippen LogP contribution >= 0.6 is 0 Å². The maximum absolute atomic E-state index is 12.7. The first-order valence-electron chi connectivity index (χ1n) is 8.41. The largest absolute Gasteiger partial charge is 0.493 e. The van der Waals surface area contributed by atoms with Crippen LogP contribution in [0.2, 0.25) is 0 Å². The maximum atomic E-state index is 12.7. The van der Waals surface area contributed by atoms with E-state index in [0.29, 0.717) is 30.3 Å². The molecular formula is C19H21NO6S. The van der Waals surface area contributed by atoms with Crippen molar-refractivity contribution in [2.75, 3.05) is 31.9 Å². The quantitative estimate of drug-likeness (QED) is 0.814. The summed E-state index contributed by atoms with van der Waals surface area (Å²) in [6.45, 7) is 1.12. The summed E-state index contributed by atoms with van der Waals surface area (Å²) in [6.07, 6.45) is 1.77. The Labute approximate surface area is 158 Å². The first-order chi connectivity index (χ1) is 12.9. The van der Waals surface area contributed by atoms with Crippen molar-refractivity contribution in [3.05, 3.63) is 48.0 Å². The van der Waals surface area contributed by atoms with Crippen molar-refractivity contribution in [2.45, 2.75) is 17.4 Å². The van der Waals surface area contributed by atoms with Crippen LogP contribution in [0.5, 0.6) is 11.5 Å². The number of sulfone groups is 1. The fraction of sp³-hybridized carbons (Fsp3) is 0.316. The molecule has 1 atom stereocenters. The topological polar surface area (TPSA) is 90.9 Å². The number of anilines is 1. The Morgan fingerprint density at radius 2 is 1.96 bits per heavy atom. The molecule has 27 heavy (non-hydrogen) atoms. The molecule has 144 valence electrons. The van der Waals surface area contributed by atoms with Crippen molar-refractivity contribution in [1.82, 2.24) is 0 Å². The molecule has 0 spiro atoms. The van der Waals surface area contributed by atoms with E-state index in [4.69, 9.17) is 14.2 Å². The van der Waals surface area contributed by atoms with Crippen LogP contribution in [0.25, 0.3) is 0 Å². The number of hydrogen-bond acceptors (Lipinski definition) is 6. The first kappa shape index (κ1) is 19.2. The van der Waals surface area contributed by atoms with E-state index in [0.717, 1.165) is 12.7 Å². The second kappa shape index (κ2) is 7.98. The molecule has 2 aromatic rings. The molecule has 1 N–H and O–H groups in total. The molecule has 1 aliphatic heterocycles. The number of methoxy groups -OCH3 is 1. The van der Waals surface area contributed by atoms with E-state index in [9.17, 15) is 13.2 Å². The summed E-state index contributed by atoms with van der Waals surface area (Å²) in [5.41, 5.74) is 0.556. The zero-order valence-corrected chi connectivity index (χ0v) is 15.9. The van der Waals surface area contributed by atoms with E-state index in [-0.39, 0.29) is 16.7 Å². The Hall–Kier alpha value is -2.58. The van der Waals surface area contributed by atoms with Gasteiger partial charge >= 0.3 is 0 Å². The third-order valence-electron chi connectivity index (χ3n) is 4.14. The molecule has 1 fully saturated rings. The molecule has 1 aliphatic rings. The molecule has 3 rings (SSSR count). The van der Waals surface area contributed by atoms with Crippen LogP contribution in [0.4, 0.5) is 5.69 Å². The van der Waals surface area contributed by atoms with Gasteiger partial charge in [-0.05, 0) is 30.3 Å². The number of benzene rings is 2. The highest BCUT2D eigenvalue weighted by Gasteiger charge is 2.21. The molecule has 1 unspecified atom stereocenters. The Balaban J connectivity index is 1.85. The Morgan fingerprint density at radius 1 is 1.19 bits per heavy atom. The predicted octanol–water partition coefficient (Wildman–Crippen LogP) is 2.52. The fourth-order valence-electron chi connectivity index (χ4n) is 2.78. The molecule has 0 aromatic heterocycles. The minimum absolute atomic E-state index is 0.0615. The summed E-state index contributed by atoms with van der Waals surface area (Å²) in [7, 11) is -1.95.